The van der Waals surface area contributed by atoms with Crippen LogP contribution in [-0.2, 0) is 23.2 Å². The van der Waals surface area contributed by atoms with Crippen LogP contribution < -0.4 is 0 Å². The summed E-state index contributed by atoms with van der Waals surface area (Å²) in [4.78, 5) is 26.9. The van der Waals surface area contributed by atoms with Gasteiger partial charge in [-0.1, -0.05) is 0 Å². The number of aryl methyl sites for hydroxylation is 1. The van der Waals surface area contributed by atoms with Gasteiger partial charge in [-0.2, -0.15) is 5.10 Å². The van der Waals surface area contributed by atoms with Crippen molar-refractivity contribution in [3.8, 4) is 0 Å². The summed E-state index contributed by atoms with van der Waals surface area (Å²) >= 11 is 0. The van der Waals surface area contributed by atoms with Gasteiger partial charge in [0.1, 0.15) is 0 Å². The molecule has 2 rings (SSSR count). The van der Waals surface area contributed by atoms with E-state index >= 15 is 0 Å². The summed E-state index contributed by atoms with van der Waals surface area (Å²) in [5.74, 6) is -0.135. The Bertz CT molecular complexity index is 468. The number of nitrogens with zero attached hydrogens (tertiary/aromatic N) is 4. The van der Waals surface area contributed by atoms with Crippen LogP contribution in [0.25, 0.3) is 0 Å². The minimum absolute atomic E-state index is 0.0246. The molecule has 0 spiro atoms. The molecule has 2 heterocycles. The maximum absolute atomic E-state index is 12.2. The predicted octanol–water partition coefficient (Wildman–Crippen LogP) is -0.143. The largest absolute Gasteiger partial charge is 0.345 e. The third-order valence-electron chi connectivity index (χ3n) is 3.24. The smallest absolute Gasteiger partial charge is 0.228 e. The highest BCUT2D eigenvalue weighted by molar-refractivity contribution is 5.89. The number of hydrogen-bond donors (Lipinski definition) is 0. The molecule has 1 aliphatic rings. The average Bonchev–Trinajstić information content (AvgIpc) is 2.85. The Morgan fingerprint density at radius 2 is 2.28 bits per heavy atom. The molecule has 1 aromatic rings. The van der Waals surface area contributed by atoms with Crippen LogP contribution in [0.3, 0.4) is 0 Å². The first-order valence-corrected chi connectivity index (χ1v) is 5.94. The summed E-state index contributed by atoms with van der Waals surface area (Å²) in [7, 11) is 5.34. The van der Waals surface area contributed by atoms with E-state index in [0.717, 1.165) is 5.56 Å². The van der Waals surface area contributed by atoms with Crippen LogP contribution in [0.1, 0.15) is 12.0 Å². The van der Waals surface area contributed by atoms with Gasteiger partial charge in [-0.3, -0.25) is 14.3 Å². The van der Waals surface area contributed by atoms with Gasteiger partial charge in [-0.05, 0) is 0 Å². The molecule has 1 atom stereocenters. The number of carbonyl (C=O) groups excluding carboxylic acids is 2. The Hall–Kier alpha value is -1.85. The summed E-state index contributed by atoms with van der Waals surface area (Å²) in [5.41, 5.74) is 0.992. The fourth-order valence-electron chi connectivity index (χ4n) is 2.25. The maximum atomic E-state index is 12.2. The molecule has 0 radical (unpaired) electrons. The number of amides is 2. The number of likely N-dealkylation sites (tertiary alicyclic amines) is 1. The Kier molecular flexibility index (Phi) is 3.36. The van der Waals surface area contributed by atoms with Gasteiger partial charge in [-0.15, -0.1) is 0 Å². The molecule has 1 fully saturated rings. The van der Waals surface area contributed by atoms with Gasteiger partial charge in [-0.25, -0.2) is 0 Å². The van der Waals surface area contributed by atoms with Crippen molar-refractivity contribution in [2.75, 3.05) is 20.6 Å². The Morgan fingerprint density at radius 1 is 1.56 bits per heavy atom. The minimum atomic E-state index is -0.204. The van der Waals surface area contributed by atoms with Crippen LogP contribution >= 0.6 is 0 Å². The molecule has 0 N–H and O–H groups in total. The highest BCUT2D eigenvalue weighted by atomic mass is 16.2. The second kappa shape index (κ2) is 4.80. The molecule has 0 saturated carbocycles. The van der Waals surface area contributed by atoms with Crippen molar-refractivity contribution >= 4 is 11.8 Å². The first kappa shape index (κ1) is 12.6. The normalized spacial score (nSPS) is 19.4. The van der Waals surface area contributed by atoms with E-state index in [4.69, 9.17) is 0 Å². The highest BCUT2D eigenvalue weighted by Crippen LogP contribution is 2.18. The predicted molar refractivity (Wildman–Crippen MR) is 65.4 cm³/mol. The van der Waals surface area contributed by atoms with Crippen molar-refractivity contribution in [3.05, 3.63) is 18.0 Å². The quantitative estimate of drug-likeness (QED) is 0.750. The van der Waals surface area contributed by atoms with Crippen molar-refractivity contribution in [3.63, 3.8) is 0 Å². The molecule has 18 heavy (non-hydrogen) atoms. The van der Waals surface area contributed by atoms with Crippen LogP contribution in [0.4, 0.5) is 0 Å². The lowest BCUT2D eigenvalue weighted by Crippen LogP contribution is -2.33. The molecule has 0 aromatic carbocycles. The fourth-order valence-corrected chi connectivity index (χ4v) is 2.25. The van der Waals surface area contributed by atoms with E-state index in [0.29, 0.717) is 19.5 Å². The summed E-state index contributed by atoms with van der Waals surface area (Å²) in [5, 5.41) is 4.07. The van der Waals surface area contributed by atoms with Gasteiger partial charge in [0.15, 0.2) is 0 Å². The lowest BCUT2D eigenvalue weighted by atomic mass is 10.1. The van der Waals surface area contributed by atoms with Crippen molar-refractivity contribution < 1.29 is 9.59 Å². The third kappa shape index (κ3) is 2.52. The molecule has 1 aliphatic heterocycles. The van der Waals surface area contributed by atoms with Gasteiger partial charge < -0.3 is 9.80 Å². The standard InChI is InChI=1S/C12H18N4O2/c1-14-8-10(4-11(14)17)12(18)15(2)6-9-5-13-16(3)7-9/h5,7,10H,4,6,8H2,1-3H3/t10-/m0/s1. The number of carbonyl (C=O) groups is 2. The highest BCUT2D eigenvalue weighted by Gasteiger charge is 2.33. The lowest BCUT2D eigenvalue weighted by Gasteiger charge is -2.19. The monoisotopic (exact) mass is 250 g/mol. The Labute approximate surface area is 106 Å². The second-order valence-corrected chi connectivity index (χ2v) is 4.89. The van der Waals surface area contributed by atoms with Crippen LogP contribution in [0.5, 0.6) is 0 Å². The van der Waals surface area contributed by atoms with Crippen LogP contribution in [0.2, 0.25) is 0 Å². The van der Waals surface area contributed by atoms with E-state index in [1.54, 1.807) is 34.8 Å². The van der Waals surface area contributed by atoms with Crippen molar-refractivity contribution in [1.29, 1.82) is 0 Å². The second-order valence-electron chi connectivity index (χ2n) is 4.89. The van der Waals surface area contributed by atoms with Crippen molar-refractivity contribution in [2.24, 2.45) is 13.0 Å². The third-order valence-corrected chi connectivity index (χ3v) is 3.24. The van der Waals surface area contributed by atoms with Crippen molar-refractivity contribution in [2.45, 2.75) is 13.0 Å². The van der Waals surface area contributed by atoms with Crippen LogP contribution in [0.15, 0.2) is 12.4 Å². The van der Waals surface area contributed by atoms with Gasteiger partial charge in [0.05, 0.1) is 12.1 Å². The number of aromatic nitrogens is 2. The Morgan fingerprint density at radius 3 is 2.78 bits per heavy atom. The lowest BCUT2D eigenvalue weighted by molar-refractivity contribution is -0.135. The van der Waals surface area contributed by atoms with Gasteiger partial charge in [0.2, 0.25) is 11.8 Å². The van der Waals surface area contributed by atoms with Gasteiger partial charge >= 0.3 is 0 Å². The van der Waals surface area contributed by atoms with Gasteiger partial charge in [0, 0.05) is 52.4 Å². The van der Waals surface area contributed by atoms with E-state index < -0.39 is 0 Å². The van der Waals surface area contributed by atoms with Crippen LogP contribution in [0, 0.1) is 5.92 Å². The SMILES string of the molecule is CN1C[C@@H](C(=O)N(C)Cc2cnn(C)c2)CC1=O. The minimum Gasteiger partial charge on any atom is -0.345 e. The molecule has 0 aliphatic carbocycles. The van der Waals surface area contributed by atoms with E-state index in [1.807, 2.05) is 13.2 Å². The average molecular weight is 250 g/mol. The Balaban J connectivity index is 1.95. The first-order chi connectivity index (χ1) is 8.47. The van der Waals surface area contributed by atoms with E-state index in [-0.39, 0.29) is 17.7 Å². The molecule has 1 aromatic heterocycles. The zero-order chi connectivity index (χ0) is 13.3. The number of rotatable bonds is 3. The van der Waals surface area contributed by atoms with Crippen molar-refractivity contribution in [1.82, 2.24) is 19.6 Å². The molecule has 6 heteroatoms. The van der Waals surface area contributed by atoms with E-state index in [9.17, 15) is 9.59 Å². The molecule has 98 valence electrons. The zero-order valence-electron chi connectivity index (χ0n) is 11.0. The number of hydrogen-bond acceptors (Lipinski definition) is 3. The molecular weight excluding hydrogens is 232 g/mol. The zero-order valence-corrected chi connectivity index (χ0v) is 11.0. The first-order valence-electron chi connectivity index (χ1n) is 5.94. The van der Waals surface area contributed by atoms with Crippen LogP contribution in [-0.4, -0.2) is 52.0 Å². The molecular formula is C12H18N4O2. The molecule has 1 saturated heterocycles. The molecule has 0 bridgehead atoms. The van der Waals surface area contributed by atoms with Gasteiger partial charge in [0.25, 0.3) is 0 Å². The molecule has 6 nitrogen and oxygen atoms in total. The summed E-state index contributed by atoms with van der Waals surface area (Å²) in [6.45, 7) is 1.05. The summed E-state index contributed by atoms with van der Waals surface area (Å²) in [6.07, 6.45) is 3.96. The molecule has 2 amide bonds. The molecule has 0 unspecified atom stereocenters. The fraction of sp³-hybridized carbons (Fsp3) is 0.583. The topological polar surface area (TPSA) is 58.4 Å². The summed E-state index contributed by atoms with van der Waals surface area (Å²) in [6, 6.07) is 0. The van der Waals surface area contributed by atoms with E-state index in [1.165, 1.54) is 0 Å². The van der Waals surface area contributed by atoms with E-state index in [2.05, 4.69) is 5.10 Å². The summed E-state index contributed by atoms with van der Waals surface area (Å²) < 4.78 is 1.71. The maximum Gasteiger partial charge on any atom is 0.228 e.